The quantitative estimate of drug-likeness (QED) is 0.563. The Morgan fingerprint density at radius 1 is 1.00 bits per heavy atom. The molecular formula is C24H22ClN3O3S. The number of rotatable bonds is 5. The van der Waals surface area contributed by atoms with Gasteiger partial charge in [0.1, 0.15) is 0 Å². The van der Waals surface area contributed by atoms with E-state index in [-0.39, 0.29) is 16.8 Å². The fourth-order valence-corrected chi connectivity index (χ4v) is 4.77. The van der Waals surface area contributed by atoms with E-state index in [0.29, 0.717) is 17.1 Å². The van der Waals surface area contributed by atoms with Gasteiger partial charge < -0.3 is 0 Å². The summed E-state index contributed by atoms with van der Waals surface area (Å²) in [6, 6.07) is 20.8. The first kappa shape index (κ1) is 22.0. The van der Waals surface area contributed by atoms with Crippen molar-refractivity contribution in [3.05, 3.63) is 94.5 Å². The van der Waals surface area contributed by atoms with Gasteiger partial charge in [0.05, 0.1) is 16.6 Å². The summed E-state index contributed by atoms with van der Waals surface area (Å²) >= 11 is 5.99. The number of anilines is 1. The second kappa shape index (κ2) is 8.76. The molecule has 1 atom stereocenters. The molecule has 32 heavy (non-hydrogen) atoms. The van der Waals surface area contributed by atoms with Crippen molar-refractivity contribution >= 4 is 38.9 Å². The van der Waals surface area contributed by atoms with Crippen LogP contribution in [0, 0.1) is 6.92 Å². The SMILES string of the molecule is CC(=O)N1N=C(c2ccc(NS(=O)(=O)c3ccc(C)cc3)cc2)CC1c1ccc(Cl)cc1. The molecule has 6 nitrogen and oxygen atoms in total. The van der Waals surface area contributed by atoms with Gasteiger partial charge in [0.25, 0.3) is 10.0 Å². The van der Waals surface area contributed by atoms with Gasteiger partial charge in [0.2, 0.25) is 5.91 Å². The van der Waals surface area contributed by atoms with E-state index in [1.165, 1.54) is 11.9 Å². The maximum absolute atomic E-state index is 12.6. The highest BCUT2D eigenvalue weighted by molar-refractivity contribution is 7.92. The van der Waals surface area contributed by atoms with Crippen LogP contribution in [0.4, 0.5) is 5.69 Å². The van der Waals surface area contributed by atoms with Crippen LogP contribution in [0.5, 0.6) is 0 Å². The number of amides is 1. The lowest BCUT2D eigenvalue weighted by molar-refractivity contribution is -0.130. The van der Waals surface area contributed by atoms with Crippen molar-refractivity contribution in [2.45, 2.75) is 31.2 Å². The summed E-state index contributed by atoms with van der Waals surface area (Å²) in [5.74, 6) is -0.151. The molecule has 1 aliphatic heterocycles. The van der Waals surface area contributed by atoms with E-state index in [4.69, 9.17) is 11.6 Å². The molecule has 4 rings (SSSR count). The highest BCUT2D eigenvalue weighted by Crippen LogP contribution is 2.33. The summed E-state index contributed by atoms with van der Waals surface area (Å²) in [7, 11) is -3.67. The van der Waals surface area contributed by atoms with Gasteiger partial charge in [-0.2, -0.15) is 5.10 Å². The molecule has 0 aromatic heterocycles. The van der Waals surface area contributed by atoms with Crippen molar-refractivity contribution in [2.24, 2.45) is 5.10 Å². The maximum Gasteiger partial charge on any atom is 0.261 e. The van der Waals surface area contributed by atoms with Gasteiger partial charge in [-0.3, -0.25) is 9.52 Å². The zero-order valence-electron chi connectivity index (χ0n) is 17.6. The standard InChI is InChI=1S/C24H22ClN3O3S/c1-16-3-13-22(14-4-16)32(30,31)27-21-11-7-18(8-12-21)23-15-24(28(26-23)17(2)29)19-5-9-20(25)10-6-19/h3-14,24,27H,15H2,1-2H3. The van der Waals surface area contributed by atoms with Crippen LogP contribution in [0.15, 0.2) is 82.8 Å². The molecular weight excluding hydrogens is 446 g/mol. The molecule has 1 heterocycles. The number of nitrogens with one attached hydrogen (secondary N) is 1. The van der Waals surface area contributed by atoms with E-state index < -0.39 is 10.0 Å². The summed E-state index contributed by atoms with van der Waals surface area (Å²) in [5.41, 5.74) is 3.97. The Labute approximate surface area is 192 Å². The molecule has 0 aliphatic carbocycles. The molecule has 0 radical (unpaired) electrons. The van der Waals surface area contributed by atoms with Gasteiger partial charge >= 0.3 is 0 Å². The Kier molecular flexibility index (Phi) is 6.04. The number of benzene rings is 3. The number of aryl methyl sites for hydroxylation is 1. The summed E-state index contributed by atoms with van der Waals surface area (Å²) in [6.07, 6.45) is 0.551. The summed E-state index contributed by atoms with van der Waals surface area (Å²) in [4.78, 5) is 12.4. The number of hydrazone groups is 1. The number of nitrogens with zero attached hydrogens (tertiary/aromatic N) is 2. The van der Waals surface area contributed by atoms with Crippen LogP contribution in [-0.4, -0.2) is 25.0 Å². The molecule has 3 aromatic rings. The van der Waals surface area contributed by atoms with Crippen LogP contribution in [0.25, 0.3) is 0 Å². The predicted molar refractivity (Wildman–Crippen MR) is 126 cm³/mol. The average molecular weight is 468 g/mol. The van der Waals surface area contributed by atoms with Gasteiger partial charge in [0.15, 0.2) is 0 Å². The lowest BCUT2D eigenvalue weighted by Crippen LogP contribution is -2.24. The van der Waals surface area contributed by atoms with E-state index in [1.54, 1.807) is 60.7 Å². The number of halogens is 1. The third-order valence-corrected chi connectivity index (χ3v) is 6.94. The Hall–Kier alpha value is -3.16. The Balaban J connectivity index is 1.53. The Morgan fingerprint density at radius 2 is 1.62 bits per heavy atom. The minimum absolute atomic E-state index is 0.151. The van der Waals surface area contributed by atoms with Crippen LogP contribution < -0.4 is 4.72 Å². The van der Waals surface area contributed by atoms with Crippen molar-refractivity contribution in [3.8, 4) is 0 Å². The predicted octanol–water partition coefficient (Wildman–Crippen LogP) is 5.15. The molecule has 3 aromatic carbocycles. The van der Waals surface area contributed by atoms with E-state index in [0.717, 1.165) is 22.4 Å². The molecule has 1 amide bonds. The highest BCUT2D eigenvalue weighted by Gasteiger charge is 2.31. The molecule has 0 saturated heterocycles. The highest BCUT2D eigenvalue weighted by atomic mass is 35.5. The molecule has 0 saturated carbocycles. The topological polar surface area (TPSA) is 78.8 Å². The second-order valence-electron chi connectivity index (χ2n) is 7.68. The van der Waals surface area contributed by atoms with Gasteiger partial charge in [-0.25, -0.2) is 13.4 Å². The van der Waals surface area contributed by atoms with Gasteiger partial charge in [0, 0.05) is 24.1 Å². The fraction of sp³-hybridized carbons (Fsp3) is 0.167. The molecule has 0 fully saturated rings. The summed E-state index contributed by atoms with van der Waals surface area (Å²) in [5, 5.41) is 6.64. The second-order valence-corrected chi connectivity index (χ2v) is 9.80. The number of carbonyl (C=O) groups is 1. The van der Waals surface area contributed by atoms with Crippen molar-refractivity contribution in [1.82, 2.24) is 5.01 Å². The van der Waals surface area contributed by atoms with Crippen molar-refractivity contribution < 1.29 is 13.2 Å². The van der Waals surface area contributed by atoms with Crippen molar-refractivity contribution in [2.75, 3.05) is 4.72 Å². The van der Waals surface area contributed by atoms with Crippen LogP contribution in [0.2, 0.25) is 5.02 Å². The first-order valence-electron chi connectivity index (χ1n) is 10.1. The zero-order valence-corrected chi connectivity index (χ0v) is 19.2. The van der Waals surface area contributed by atoms with E-state index in [1.807, 2.05) is 19.1 Å². The Bertz CT molecular complexity index is 1270. The fourth-order valence-electron chi connectivity index (χ4n) is 3.58. The van der Waals surface area contributed by atoms with E-state index in [9.17, 15) is 13.2 Å². The van der Waals surface area contributed by atoms with E-state index in [2.05, 4.69) is 9.82 Å². The first-order chi connectivity index (χ1) is 15.2. The van der Waals surface area contributed by atoms with Crippen LogP contribution >= 0.6 is 11.6 Å². The third kappa shape index (κ3) is 4.69. The molecule has 0 spiro atoms. The normalized spacial score (nSPS) is 16.0. The molecule has 1 unspecified atom stereocenters. The number of sulfonamides is 1. The molecule has 164 valence electrons. The number of carbonyl (C=O) groups excluding carboxylic acids is 1. The van der Waals surface area contributed by atoms with E-state index >= 15 is 0 Å². The summed E-state index contributed by atoms with van der Waals surface area (Å²) < 4.78 is 27.8. The summed E-state index contributed by atoms with van der Waals surface area (Å²) in [6.45, 7) is 3.39. The van der Waals surface area contributed by atoms with Crippen LogP contribution in [0.3, 0.4) is 0 Å². The van der Waals surface area contributed by atoms with Gasteiger partial charge in [-0.1, -0.05) is 53.6 Å². The number of hydrogen-bond donors (Lipinski definition) is 1. The minimum atomic E-state index is -3.67. The number of hydrogen-bond acceptors (Lipinski definition) is 4. The zero-order chi connectivity index (χ0) is 22.9. The molecule has 8 heteroatoms. The largest absolute Gasteiger partial charge is 0.280 e. The van der Waals surface area contributed by atoms with Crippen molar-refractivity contribution in [1.29, 1.82) is 0 Å². The maximum atomic E-state index is 12.6. The van der Waals surface area contributed by atoms with Gasteiger partial charge in [-0.15, -0.1) is 0 Å². The monoisotopic (exact) mass is 467 g/mol. The average Bonchev–Trinajstić information content (AvgIpc) is 3.21. The first-order valence-corrected chi connectivity index (χ1v) is 11.9. The molecule has 1 N–H and O–H groups in total. The van der Waals surface area contributed by atoms with Crippen LogP contribution in [0.1, 0.15) is 36.1 Å². The van der Waals surface area contributed by atoms with Gasteiger partial charge in [-0.05, 0) is 54.4 Å². The lowest BCUT2D eigenvalue weighted by Gasteiger charge is -2.20. The van der Waals surface area contributed by atoms with Crippen molar-refractivity contribution in [3.63, 3.8) is 0 Å². The minimum Gasteiger partial charge on any atom is -0.280 e. The molecule has 1 aliphatic rings. The van der Waals surface area contributed by atoms with Crippen LogP contribution in [-0.2, 0) is 14.8 Å². The third-order valence-electron chi connectivity index (χ3n) is 5.29. The molecule has 0 bridgehead atoms. The Morgan fingerprint density at radius 3 is 2.22 bits per heavy atom. The smallest absolute Gasteiger partial charge is 0.261 e. The lowest BCUT2D eigenvalue weighted by atomic mass is 9.98.